The highest BCUT2D eigenvalue weighted by Crippen LogP contribution is 2.50. The molecule has 3 N–H and O–H groups in total. The summed E-state index contributed by atoms with van der Waals surface area (Å²) in [4.78, 5) is 16.7. The third-order valence-corrected chi connectivity index (χ3v) is 4.37. The van der Waals surface area contributed by atoms with Gasteiger partial charge in [-0.05, 0) is 26.0 Å². The Balaban J connectivity index is 2.10. The molecule has 1 aliphatic rings. The Morgan fingerprint density at radius 3 is 2.80 bits per heavy atom. The van der Waals surface area contributed by atoms with E-state index in [9.17, 15) is 4.79 Å². The van der Waals surface area contributed by atoms with Gasteiger partial charge in [0.15, 0.2) is 0 Å². The Bertz CT molecular complexity index is 516. The number of nitrogens with two attached hydrogens (primary N) is 1. The molecule has 0 radical (unpaired) electrons. The van der Waals surface area contributed by atoms with Crippen molar-refractivity contribution in [2.75, 3.05) is 11.9 Å². The van der Waals surface area contributed by atoms with Gasteiger partial charge in [-0.25, -0.2) is 4.98 Å². The summed E-state index contributed by atoms with van der Waals surface area (Å²) in [6.45, 7) is 8.40. The zero-order chi connectivity index (χ0) is 15.0. The first-order chi connectivity index (χ1) is 9.31. The van der Waals surface area contributed by atoms with Crippen LogP contribution in [-0.4, -0.2) is 29.1 Å². The third kappa shape index (κ3) is 2.31. The van der Waals surface area contributed by atoms with E-state index in [2.05, 4.69) is 10.3 Å². The van der Waals surface area contributed by atoms with Crippen LogP contribution in [0.2, 0.25) is 0 Å². The molecule has 5 nitrogen and oxygen atoms in total. The van der Waals surface area contributed by atoms with Crippen molar-refractivity contribution in [1.29, 1.82) is 0 Å². The van der Waals surface area contributed by atoms with Gasteiger partial charge in [0, 0.05) is 24.1 Å². The van der Waals surface area contributed by atoms with E-state index in [-0.39, 0.29) is 12.0 Å². The number of hydrogen-bond donors (Lipinski definition) is 2. The van der Waals surface area contributed by atoms with Gasteiger partial charge in [0.1, 0.15) is 11.4 Å². The molecule has 1 fully saturated rings. The smallest absolute Gasteiger partial charge is 0.246 e. The average molecular weight is 277 g/mol. The van der Waals surface area contributed by atoms with Crippen LogP contribution in [0, 0.1) is 12.3 Å². The quantitative estimate of drug-likeness (QED) is 0.880. The lowest BCUT2D eigenvalue weighted by molar-refractivity contribution is -0.166. The van der Waals surface area contributed by atoms with Crippen LogP contribution in [0.1, 0.15) is 32.9 Å². The molecule has 5 heteroatoms. The van der Waals surface area contributed by atoms with E-state index in [4.69, 9.17) is 10.5 Å². The molecule has 110 valence electrons. The molecule has 2 unspecified atom stereocenters. The minimum absolute atomic E-state index is 0.0220. The van der Waals surface area contributed by atoms with Gasteiger partial charge in [-0.2, -0.15) is 0 Å². The third-order valence-electron chi connectivity index (χ3n) is 4.37. The van der Waals surface area contributed by atoms with E-state index >= 15 is 0 Å². The lowest BCUT2D eigenvalue weighted by Crippen LogP contribution is -2.74. The predicted molar refractivity (Wildman–Crippen MR) is 78.3 cm³/mol. The second kappa shape index (κ2) is 5.14. The van der Waals surface area contributed by atoms with Crippen molar-refractivity contribution in [2.24, 2.45) is 11.1 Å². The Labute approximate surface area is 119 Å². The number of amides is 1. The molecule has 0 aromatic carbocycles. The number of anilines is 1. The lowest BCUT2D eigenvalue weighted by Gasteiger charge is -2.57. The summed E-state index contributed by atoms with van der Waals surface area (Å²) in [5.41, 5.74) is 5.86. The Kier molecular flexibility index (Phi) is 3.84. The first-order valence-corrected chi connectivity index (χ1v) is 6.97. The number of carbonyl (C=O) groups is 1. The van der Waals surface area contributed by atoms with Gasteiger partial charge in [0.2, 0.25) is 5.91 Å². The molecule has 20 heavy (non-hydrogen) atoms. The second-order valence-electron chi connectivity index (χ2n) is 5.96. The van der Waals surface area contributed by atoms with E-state index in [0.29, 0.717) is 18.8 Å². The predicted octanol–water partition coefficient (Wildman–Crippen LogP) is 1.86. The highest BCUT2D eigenvalue weighted by atomic mass is 16.5. The highest BCUT2D eigenvalue weighted by molar-refractivity contribution is 5.99. The maximum Gasteiger partial charge on any atom is 0.246 e. The fraction of sp³-hybridized carbons (Fsp3) is 0.600. The monoisotopic (exact) mass is 277 g/mol. The summed E-state index contributed by atoms with van der Waals surface area (Å²) >= 11 is 0. The number of nitrogens with one attached hydrogen (secondary N) is 1. The fourth-order valence-corrected chi connectivity index (χ4v) is 2.66. The summed E-state index contributed by atoms with van der Waals surface area (Å²) in [6, 6.07) is 5.50. The maximum atomic E-state index is 12.5. The molecule has 0 aliphatic heterocycles. The molecule has 1 aromatic rings. The van der Waals surface area contributed by atoms with Crippen molar-refractivity contribution in [3.63, 3.8) is 0 Å². The standard InChI is InChI=1S/C15H23N3O2/c1-5-20-11-9-15(16,14(11,3)4)13(19)18-12-8-6-7-10(2)17-12/h6-8,11H,5,9,16H2,1-4H3,(H,17,18,19). The number of aromatic nitrogens is 1. The molecule has 1 amide bonds. The van der Waals surface area contributed by atoms with Crippen LogP contribution in [-0.2, 0) is 9.53 Å². The van der Waals surface area contributed by atoms with Gasteiger partial charge < -0.3 is 15.8 Å². The molecule has 1 aromatic heterocycles. The summed E-state index contributed by atoms with van der Waals surface area (Å²) < 4.78 is 5.63. The highest BCUT2D eigenvalue weighted by Gasteiger charge is 2.62. The molecular formula is C15H23N3O2. The fourth-order valence-electron chi connectivity index (χ4n) is 2.66. The van der Waals surface area contributed by atoms with Gasteiger partial charge in [0.05, 0.1) is 6.10 Å². The van der Waals surface area contributed by atoms with Gasteiger partial charge in [-0.3, -0.25) is 4.79 Å². The van der Waals surface area contributed by atoms with Crippen molar-refractivity contribution < 1.29 is 9.53 Å². The molecule has 1 heterocycles. The van der Waals surface area contributed by atoms with Crippen LogP contribution < -0.4 is 11.1 Å². The van der Waals surface area contributed by atoms with Crippen LogP contribution >= 0.6 is 0 Å². The van der Waals surface area contributed by atoms with Crippen molar-refractivity contribution >= 4 is 11.7 Å². The largest absolute Gasteiger partial charge is 0.378 e. The molecule has 1 aliphatic carbocycles. The van der Waals surface area contributed by atoms with Crippen molar-refractivity contribution in [3.05, 3.63) is 23.9 Å². The topological polar surface area (TPSA) is 77.2 Å². The zero-order valence-corrected chi connectivity index (χ0v) is 12.6. The van der Waals surface area contributed by atoms with Crippen LogP contribution in [0.4, 0.5) is 5.82 Å². The SMILES string of the molecule is CCOC1CC(N)(C(=O)Nc2cccc(C)n2)C1(C)C. The van der Waals surface area contributed by atoms with Crippen LogP contribution in [0.15, 0.2) is 18.2 Å². The Morgan fingerprint density at radius 2 is 2.25 bits per heavy atom. The average Bonchev–Trinajstić information content (AvgIpc) is 2.38. The number of rotatable bonds is 4. The molecule has 0 bridgehead atoms. The number of hydrogen-bond acceptors (Lipinski definition) is 4. The lowest BCUT2D eigenvalue weighted by atomic mass is 9.54. The summed E-state index contributed by atoms with van der Waals surface area (Å²) in [7, 11) is 0. The maximum absolute atomic E-state index is 12.5. The molecule has 1 saturated carbocycles. The minimum atomic E-state index is -0.918. The van der Waals surface area contributed by atoms with E-state index < -0.39 is 11.0 Å². The number of pyridine rings is 1. The van der Waals surface area contributed by atoms with Crippen molar-refractivity contribution in [3.8, 4) is 0 Å². The second-order valence-corrected chi connectivity index (χ2v) is 5.96. The first-order valence-electron chi connectivity index (χ1n) is 6.97. The Morgan fingerprint density at radius 1 is 1.55 bits per heavy atom. The van der Waals surface area contributed by atoms with E-state index in [1.807, 2.05) is 39.8 Å². The summed E-state index contributed by atoms with van der Waals surface area (Å²) in [5, 5.41) is 2.81. The summed E-state index contributed by atoms with van der Waals surface area (Å²) in [6.07, 6.45) is 0.555. The van der Waals surface area contributed by atoms with Gasteiger partial charge in [-0.1, -0.05) is 19.9 Å². The van der Waals surface area contributed by atoms with E-state index in [1.165, 1.54) is 0 Å². The number of carbonyl (C=O) groups excluding carboxylic acids is 1. The van der Waals surface area contributed by atoms with Crippen molar-refractivity contribution in [1.82, 2.24) is 4.98 Å². The zero-order valence-electron chi connectivity index (χ0n) is 12.6. The Hall–Kier alpha value is -1.46. The van der Waals surface area contributed by atoms with Crippen LogP contribution in [0.3, 0.4) is 0 Å². The van der Waals surface area contributed by atoms with E-state index in [0.717, 1.165) is 5.69 Å². The summed E-state index contributed by atoms with van der Waals surface area (Å²) in [5.74, 6) is 0.340. The molecule has 0 spiro atoms. The van der Waals surface area contributed by atoms with Gasteiger partial charge in [-0.15, -0.1) is 0 Å². The van der Waals surface area contributed by atoms with E-state index in [1.54, 1.807) is 6.07 Å². The van der Waals surface area contributed by atoms with Gasteiger partial charge >= 0.3 is 0 Å². The van der Waals surface area contributed by atoms with Crippen LogP contribution in [0.5, 0.6) is 0 Å². The molecule has 2 rings (SSSR count). The molecule has 0 saturated heterocycles. The molecule has 2 atom stereocenters. The minimum Gasteiger partial charge on any atom is -0.378 e. The van der Waals surface area contributed by atoms with Crippen molar-refractivity contribution in [2.45, 2.75) is 45.8 Å². The number of nitrogens with zero attached hydrogens (tertiary/aromatic N) is 1. The van der Waals surface area contributed by atoms with Gasteiger partial charge in [0.25, 0.3) is 0 Å². The normalized spacial score (nSPS) is 27.8. The first kappa shape index (κ1) is 14.9. The number of aryl methyl sites for hydroxylation is 1. The molecular weight excluding hydrogens is 254 g/mol. The van der Waals surface area contributed by atoms with Crippen LogP contribution in [0.25, 0.3) is 0 Å². The number of ether oxygens (including phenoxy) is 1.